The molecule has 0 aliphatic rings. The van der Waals surface area contributed by atoms with E-state index in [1.165, 1.54) is 6.42 Å². The van der Waals surface area contributed by atoms with Crippen LogP contribution in [0.1, 0.15) is 145 Å². The topological polar surface area (TPSA) is 36.9 Å². The van der Waals surface area contributed by atoms with Gasteiger partial charge in [0.15, 0.2) is 0 Å². The normalized spacial score (nSPS) is 12.3. The Morgan fingerprint density at radius 3 is 1.11 bits per heavy atom. The van der Waals surface area contributed by atoms with Gasteiger partial charge in [-0.3, -0.25) is 0 Å². The lowest BCUT2D eigenvalue weighted by Gasteiger charge is -2.31. The van der Waals surface area contributed by atoms with Crippen LogP contribution in [0.15, 0.2) is 0 Å². The van der Waals surface area contributed by atoms with Gasteiger partial charge in [-0.15, -0.1) is 0 Å². The summed E-state index contributed by atoms with van der Waals surface area (Å²) in [6.45, 7) is 45.6. The van der Waals surface area contributed by atoms with Gasteiger partial charge >= 0.3 is 0 Å². The van der Waals surface area contributed by atoms with Crippen molar-refractivity contribution in [2.24, 2.45) is 29.1 Å². The van der Waals surface area contributed by atoms with Crippen LogP contribution in [0, 0.1) is 29.1 Å². The summed E-state index contributed by atoms with van der Waals surface area (Å²) in [7, 11) is 0. The number of ether oxygens (including phenoxy) is 4. The molecule has 0 bridgehead atoms. The Bertz CT molecular complexity index is 459. The molecule has 38 heavy (non-hydrogen) atoms. The van der Waals surface area contributed by atoms with E-state index < -0.39 is 0 Å². The van der Waals surface area contributed by atoms with Gasteiger partial charge in [-0.1, -0.05) is 69.2 Å². The zero-order valence-corrected chi connectivity index (χ0v) is 30.1. The predicted molar refractivity (Wildman–Crippen MR) is 171 cm³/mol. The van der Waals surface area contributed by atoms with Crippen LogP contribution in [-0.2, 0) is 18.9 Å². The van der Waals surface area contributed by atoms with E-state index in [0.717, 1.165) is 25.7 Å². The molecule has 0 heterocycles. The fourth-order valence-electron chi connectivity index (χ4n) is 2.22. The zero-order chi connectivity index (χ0) is 31.3. The average Bonchev–Trinajstić information content (AvgIpc) is 2.70. The highest BCUT2D eigenvalue weighted by Gasteiger charge is 2.24. The van der Waals surface area contributed by atoms with Crippen molar-refractivity contribution in [2.45, 2.75) is 175 Å². The van der Waals surface area contributed by atoms with Gasteiger partial charge in [-0.2, -0.15) is 0 Å². The van der Waals surface area contributed by atoms with E-state index in [0.29, 0.717) is 47.6 Å². The van der Waals surface area contributed by atoms with Gasteiger partial charge in [0.2, 0.25) is 0 Å². The summed E-state index contributed by atoms with van der Waals surface area (Å²) >= 11 is 0. The number of hydrogen-bond acceptors (Lipinski definition) is 4. The highest BCUT2D eigenvalue weighted by Crippen LogP contribution is 2.26. The van der Waals surface area contributed by atoms with Crippen LogP contribution in [0.2, 0.25) is 0 Å². The molecule has 0 radical (unpaired) electrons. The third-order valence-corrected chi connectivity index (χ3v) is 6.19. The first-order valence-corrected chi connectivity index (χ1v) is 15.5. The molecule has 0 saturated carbocycles. The van der Waals surface area contributed by atoms with Crippen molar-refractivity contribution in [3.8, 4) is 0 Å². The zero-order valence-electron chi connectivity index (χ0n) is 30.1. The fraction of sp³-hybridized carbons (Fsp3) is 1.00. The first-order chi connectivity index (χ1) is 17.0. The molecule has 0 amide bonds. The van der Waals surface area contributed by atoms with E-state index in [4.69, 9.17) is 18.9 Å². The molecule has 0 aromatic carbocycles. The van der Waals surface area contributed by atoms with E-state index in [1.807, 2.05) is 0 Å². The summed E-state index contributed by atoms with van der Waals surface area (Å²) < 4.78 is 21.9. The van der Waals surface area contributed by atoms with Gasteiger partial charge in [-0.05, 0) is 105 Å². The molecule has 4 nitrogen and oxygen atoms in total. The second-order valence-corrected chi connectivity index (χ2v) is 14.3. The van der Waals surface area contributed by atoms with E-state index in [2.05, 4.69) is 138 Å². The molecule has 236 valence electrons. The van der Waals surface area contributed by atoms with E-state index >= 15 is 0 Å². The molecular formula is C34H76O4. The number of rotatable bonds is 14. The molecule has 0 aliphatic carbocycles. The second-order valence-electron chi connectivity index (χ2n) is 14.3. The molecule has 0 aromatic rings. The van der Waals surface area contributed by atoms with Crippen molar-refractivity contribution < 1.29 is 18.9 Å². The maximum atomic E-state index is 5.70. The molecular weight excluding hydrogens is 472 g/mol. The lowest BCUT2D eigenvalue weighted by molar-refractivity contribution is -0.0835. The van der Waals surface area contributed by atoms with E-state index in [-0.39, 0.29) is 5.60 Å². The Labute approximate surface area is 242 Å². The molecule has 0 fully saturated rings. The monoisotopic (exact) mass is 549 g/mol. The molecule has 0 N–H and O–H groups in total. The van der Waals surface area contributed by atoms with Crippen LogP contribution in [0.5, 0.6) is 0 Å². The predicted octanol–water partition coefficient (Wildman–Crippen LogP) is 10.5. The van der Waals surface area contributed by atoms with Crippen molar-refractivity contribution >= 4 is 0 Å². The maximum Gasteiger partial charge on any atom is 0.0652 e. The fourth-order valence-corrected chi connectivity index (χ4v) is 2.22. The minimum absolute atomic E-state index is 0.0220. The third kappa shape index (κ3) is 38.0. The second kappa shape index (κ2) is 24.6. The molecule has 4 heteroatoms. The third-order valence-electron chi connectivity index (χ3n) is 6.19. The molecule has 0 atom stereocenters. The molecule has 0 aromatic heterocycles. The van der Waals surface area contributed by atoms with Crippen molar-refractivity contribution in [1.82, 2.24) is 0 Å². The van der Waals surface area contributed by atoms with Crippen molar-refractivity contribution in [3.63, 3.8) is 0 Å². The SMILES string of the molecule is CC(C)CCOC(C)C.CC(C)COC(C)C.CC(C)OC(C)(C)C(C)C.CC(C)OCC(C)(C)C(C)C. The molecule has 0 rings (SSSR count). The summed E-state index contributed by atoms with van der Waals surface area (Å²) in [5, 5.41) is 0. The van der Waals surface area contributed by atoms with E-state index in [1.54, 1.807) is 0 Å². The Balaban J connectivity index is -0.000000204. The van der Waals surface area contributed by atoms with Gasteiger partial charge in [0.1, 0.15) is 0 Å². The standard InChI is InChI=1S/C10H22O.C9H20O.C8H18O.C7H16O/c1-8(2)10(5,6)7-11-9(3)4;1-7(2)9(5,6)10-8(3)4;1-7(2)5-6-9-8(3)4;1-6(2)5-8-7(3)4/h8-9H,7H2,1-6H3;7-8H,1-6H3;7-8H,5-6H2,1-4H3;6-7H,5H2,1-4H3. The van der Waals surface area contributed by atoms with Gasteiger partial charge in [0.25, 0.3) is 0 Å². The largest absolute Gasteiger partial charge is 0.379 e. The van der Waals surface area contributed by atoms with Gasteiger partial charge in [0.05, 0.1) is 36.6 Å². The molecule has 0 spiro atoms. The lowest BCUT2D eigenvalue weighted by Crippen LogP contribution is -2.33. The van der Waals surface area contributed by atoms with Gasteiger partial charge < -0.3 is 18.9 Å². The minimum Gasteiger partial charge on any atom is -0.379 e. The molecule has 0 saturated heterocycles. The van der Waals surface area contributed by atoms with Crippen LogP contribution in [0.4, 0.5) is 0 Å². The van der Waals surface area contributed by atoms with Gasteiger partial charge in [0, 0.05) is 13.2 Å². The van der Waals surface area contributed by atoms with Crippen molar-refractivity contribution in [2.75, 3.05) is 19.8 Å². The van der Waals surface area contributed by atoms with Crippen LogP contribution < -0.4 is 0 Å². The summed E-state index contributed by atoms with van der Waals surface area (Å²) in [5.41, 5.74) is 0.332. The highest BCUT2D eigenvalue weighted by atomic mass is 16.5. The smallest absolute Gasteiger partial charge is 0.0652 e. The summed E-state index contributed by atoms with van der Waals surface area (Å²) in [6, 6.07) is 0. The van der Waals surface area contributed by atoms with Gasteiger partial charge in [-0.25, -0.2) is 0 Å². The Morgan fingerprint density at radius 2 is 0.895 bits per heavy atom. The summed E-state index contributed by atoms with van der Waals surface area (Å²) in [5.74, 6) is 2.69. The van der Waals surface area contributed by atoms with Crippen LogP contribution in [0.3, 0.4) is 0 Å². The van der Waals surface area contributed by atoms with Crippen molar-refractivity contribution in [3.05, 3.63) is 0 Å². The molecule has 0 aliphatic heterocycles. The average molecular weight is 549 g/mol. The first-order valence-electron chi connectivity index (χ1n) is 15.5. The Hall–Kier alpha value is -0.160. The van der Waals surface area contributed by atoms with E-state index in [9.17, 15) is 0 Å². The minimum atomic E-state index is 0.0220. The number of hydrogen-bond donors (Lipinski definition) is 0. The lowest BCUT2D eigenvalue weighted by atomic mass is 9.82. The summed E-state index contributed by atoms with van der Waals surface area (Å²) in [6.07, 6.45) is 2.64. The van der Waals surface area contributed by atoms with Crippen LogP contribution in [0.25, 0.3) is 0 Å². The molecule has 0 unspecified atom stereocenters. The first kappa shape index (κ1) is 44.8. The van der Waals surface area contributed by atoms with Crippen LogP contribution in [-0.4, -0.2) is 49.8 Å². The van der Waals surface area contributed by atoms with Crippen LogP contribution >= 0.6 is 0 Å². The maximum absolute atomic E-state index is 5.70. The Kier molecular flexibility index (Phi) is 29.1. The summed E-state index contributed by atoms with van der Waals surface area (Å²) in [4.78, 5) is 0. The Morgan fingerprint density at radius 1 is 0.474 bits per heavy atom. The highest BCUT2D eigenvalue weighted by molar-refractivity contribution is 4.73. The quantitative estimate of drug-likeness (QED) is 0.216. The van der Waals surface area contributed by atoms with Crippen molar-refractivity contribution in [1.29, 1.82) is 0 Å².